The van der Waals surface area contributed by atoms with E-state index in [0.717, 1.165) is 0 Å². The number of carbonyl (C=O) groups is 2. The number of anilines is 1. The van der Waals surface area contributed by atoms with Gasteiger partial charge in [-0.15, -0.1) is 0 Å². The number of esters is 1. The van der Waals surface area contributed by atoms with Crippen molar-refractivity contribution in [1.82, 2.24) is 10.3 Å². The summed E-state index contributed by atoms with van der Waals surface area (Å²) in [6.07, 6.45) is 1.84. The van der Waals surface area contributed by atoms with E-state index in [1.54, 1.807) is 19.1 Å². The van der Waals surface area contributed by atoms with Gasteiger partial charge in [0, 0.05) is 25.7 Å². The van der Waals surface area contributed by atoms with Crippen LogP contribution >= 0.6 is 0 Å². The van der Waals surface area contributed by atoms with Crippen molar-refractivity contribution in [1.29, 1.82) is 0 Å². The quantitative estimate of drug-likeness (QED) is 0.715. The van der Waals surface area contributed by atoms with Gasteiger partial charge >= 0.3 is 5.97 Å². The molecule has 1 aromatic heterocycles. The summed E-state index contributed by atoms with van der Waals surface area (Å²) in [5.74, 6) is 0.697. The Labute approximate surface area is 125 Å². The Balaban J connectivity index is 2.33. The predicted molar refractivity (Wildman–Crippen MR) is 81.1 cm³/mol. The third-order valence-electron chi connectivity index (χ3n) is 2.64. The molecule has 1 heterocycles. The molecule has 0 bridgehead atoms. The lowest BCUT2D eigenvalue weighted by Gasteiger charge is -2.09. The van der Waals surface area contributed by atoms with Gasteiger partial charge in [-0.25, -0.2) is 9.78 Å². The van der Waals surface area contributed by atoms with E-state index >= 15 is 0 Å². The van der Waals surface area contributed by atoms with E-state index in [-0.39, 0.29) is 11.9 Å². The first-order chi connectivity index (χ1) is 10.0. The van der Waals surface area contributed by atoms with Gasteiger partial charge in [0.05, 0.1) is 12.2 Å². The van der Waals surface area contributed by atoms with E-state index < -0.39 is 0 Å². The average Bonchev–Trinajstić information content (AvgIpc) is 2.46. The van der Waals surface area contributed by atoms with E-state index in [0.29, 0.717) is 43.4 Å². The molecule has 1 aromatic rings. The van der Waals surface area contributed by atoms with Crippen molar-refractivity contribution >= 4 is 17.7 Å². The van der Waals surface area contributed by atoms with Gasteiger partial charge in [0.15, 0.2) is 0 Å². The lowest BCUT2D eigenvalue weighted by molar-refractivity contribution is -0.120. The number of aromatic nitrogens is 1. The van der Waals surface area contributed by atoms with E-state index in [1.807, 2.05) is 13.8 Å². The highest BCUT2D eigenvalue weighted by atomic mass is 16.5. The first-order valence-electron chi connectivity index (χ1n) is 7.16. The molecule has 0 radical (unpaired) electrons. The molecule has 21 heavy (non-hydrogen) atoms. The zero-order valence-electron chi connectivity index (χ0n) is 12.8. The maximum absolute atomic E-state index is 11.5. The largest absolute Gasteiger partial charge is 0.462 e. The van der Waals surface area contributed by atoms with E-state index in [9.17, 15) is 9.59 Å². The second kappa shape index (κ2) is 8.94. The molecule has 1 amide bonds. The molecule has 0 aliphatic heterocycles. The minimum Gasteiger partial charge on any atom is -0.462 e. The monoisotopic (exact) mass is 293 g/mol. The molecule has 0 atom stereocenters. The predicted octanol–water partition coefficient (Wildman–Crippen LogP) is 1.83. The van der Waals surface area contributed by atoms with Crippen molar-refractivity contribution in [2.75, 3.05) is 25.0 Å². The van der Waals surface area contributed by atoms with Gasteiger partial charge in [0.25, 0.3) is 0 Å². The minimum absolute atomic E-state index is 0.0133. The van der Waals surface area contributed by atoms with E-state index in [2.05, 4.69) is 15.6 Å². The normalized spacial score (nSPS) is 10.3. The fourth-order valence-electron chi connectivity index (χ4n) is 1.54. The van der Waals surface area contributed by atoms with Gasteiger partial charge in [-0.3, -0.25) is 4.79 Å². The number of hydrogen-bond acceptors (Lipinski definition) is 5. The van der Waals surface area contributed by atoms with Crippen molar-refractivity contribution in [3.8, 4) is 0 Å². The molecule has 0 aliphatic rings. The first-order valence-corrected chi connectivity index (χ1v) is 7.16. The van der Waals surface area contributed by atoms with Gasteiger partial charge in [0.1, 0.15) is 5.82 Å². The summed E-state index contributed by atoms with van der Waals surface area (Å²) in [7, 11) is 0. The number of amides is 1. The molecule has 0 aromatic carbocycles. The molecule has 0 unspecified atom stereocenters. The summed E-state index contributed by atoms with van der Waals surface area (Å²) < 4.78 is 4.87. The summed E-state index contributed by atoms with van der Waals surface area (Å²) in [5.41, 5.74) is 0.414. The van der Waals surface area contributed by atoms with Crippen LogP contribution in [-0.2, 0) is 9.53 Å². The molecule has 0 saturated carbocycles. The number of rotatable bonds is 8. The molecular formula is C15H23N3O3. The van der Waals surface area contributed by atoms with Crippen molar-refractivity contribution in [3.63, 3.8) is 0 Å². The van der Waals surface area contributed by atoms with Crippen LogP contribution in [0.1, 0.15) is 37.6 Å². The Morgan fingerprint density at radius 1 is 1.33 bits per heavy atom. The Bertz CT molecular complexity index is 458. The molecule has 6 heteroatoms. The van der Waals surface area contributed by atoms with Gasteiger partial charge in [0.2, 0.25) is 5.91 Å². The van der Waals surface area contributed by atoms with Crippen LogP contribution in [0.25, 0.3) is 0 Å². The van der Waals surface area contributed by atoms with Crippen LogP contribution in [0.3, 0.4) is 0 Å². The van der Waals surface area contributed by atoms with Crippen molar-refractivity contribution in [2.24, 2.45) is 5.92 Å². The molecule has 0 spiro atoms. The molecule has 0 aliphatic carbocycles. The van der Waals surface area contributed by atoms with Crippen molar-refractivity contribution < 1.29 is 14.3 Å². The maximum atomic E-state index is 11.5. The summed E-state index contributed by atoms with van der Waals surface area (Å²) in [6.45, 7) is 7.37. The zero-order valence-corrected chi connectivity index (χ0v) is 12.8. The smallest absolute Gasteiger partial charge is 0.339 e. The third kappa shape index (κ3) is 6.74. The molecule has 0 fully saturated rings. The number of nitrogens with zero attached hydrogens (tertiary/aromatic N) is 1. The lowest BCUT2D eigenvalue weighted by atomic mass is 10.2. The average molecular weight is 293 g/mol. The Kier molecular flexibility index (Phi) is 7.21. The van der Waals surface area contributed by atoms with E-state index in [1.165, 1.54) is 6.20 Å². The number of ether oxygens (including phenoxy) is 1. The minimum atomic E-state index is -0.385. The zero-order chi connectivity index (χ0) is 15.7. The Morgan fingerprint density at radius 2 is 2.10 bits per heavy atom. The van der Waals surface area contributed by atoms with Crippen LogP contribution in [0, 0.1) is 5.92 Å². The Hall–Kier alpha value is -2.11. The molecule has 116 valence electrons. The molecule has 0 saturated heterocycles. The van der Waals surface area contributed by atoms with Crippen molar-refractivity contribution in [3.05, 3.63) is 23.9 Å². The van der Waals surface area contributed by atoms with Crippen LogP contribution in [-0.4, -0.2) is 36.6 Å². The first kappa shape index (κ1) is 16.9. The number of pyridine rings is 1. The van der Waals surface area contributed by atoms with Gasteiger partial charge in [-0.05, 0) is 25.0 Å². The fourth-order valence-corrected chi connectivity index (χ4v) is 1.54. The highest BCUT2D eigenvalue weighted by molar-refractivity contribution is 5.89. The molecule has 6 nitrogen and oxygen atoms in total. The van der Waals surface area contributed by atoms with Gasteiger partial charge < -0.3 is 15.4 Å². The van der Waals surface area contributed by atoms with Gasteiger partial charge in [-0.1, -0.05) is 13.8 Å². The molecule has 2 N–H and O–H groups in total. The third-order valence-corrected chi connectivity index (χ3v) is 2.64. The highest BCUT2D eigenvalue weighted by Crippen LogP contribution is 2.06. The fraction of sp³-hybridized carbons (Fsp3) is 0.533. The Morgan fingerprint density at radius 3 is 2.67 bits per heavy atom. The van der Waals surface area contributed by atoms with Crippen LogP contribution in [0.15, 0.2) is 18.3 Å². The SMILES string of the molecule is CCOC(=O)c1ccc(NCCC(=O)NCC(C)C)nc1. The topological polar surface area (TPSA) is 80.3 Å². The summed E-state index contributed by atoms with van der Waals surface area (Å²) in [6, 6.07) is 3.34. The second-order valence-corrected chi connectivity index (χ2v) is 5.03. The molecule has 1 rings (SSSR count). The van der Waals surface area contributed by atoms with Crippen LogP contribution in [0.2, 0.25) is 0 Å². The number of nitrogens with one attached hydrogen (secondary N) is 2. The summed E-state index contributed by atoms with van der Waals surface area (Å²) in [4.78, 5) is 27.1. The molecular weight excluding hydrogens is 270 g/mol. The van der Waals surface area contributed by atoms with Crippen LogP contribution in [0.4, 0.5) is 5.82 Å². The highest BCUT2D eigenvalue weighted by Gasteiger charge is 2.07. The van der Waals surface area contributed by atoms with Crippen LogP contribution < -0.4 is 10.6 Å². The van der Waals surface area contributed by atoms with Crippen molar-refractivity contribution in [2.45, 2.75) is 27.2 Å². The van der Waals surface area contributed by atoms with E-state index in [4.69, 9.17) is 4.74 Å². The lowest BCUT2D eigenvalue weighted by Crippen LogP contribution is -2.28. The standard InChI is InChI=1S/C15H23N3O3/c1-4-21-15(20)12-5-6-13(17-10-12)16-8-7-14(19)18-9-11(2)3/h5-6,10-11H,4,7-9H2,1-3H3,(H,16,17)(H,18,19). The number of carbonyl (C=O) groups excluding carboxylic acids is 2. The van der Waals surface area contributed by atoms with Gasteiger partial charge in [-0.2, -0.15) is 0 Å². The van der Waals surface area contributed by atoms with Crippen LogP contribution in [0.5, 0.6) is 0 Å². The summed E-state index contributed by atoms with van der Waals surface area (Å²) >= 11 is 0. The second-order valence-electron chi connectivity index (χ2n) is 5.03. The summed E-state index contributed by atoms with van der Waals surface area (Å²) in [5, 5.41) is 5.88. The maximum Gasteiger partial charge on any atom is 0.339 e. The number of hydrogen-bond donors (Lipinski definition) is 2.